The fourth-order valence-corrected chi connectivity index (χ4v) is 3.48. The van der Waals surface area contributed by atoms with Crippen LogP contribution >= 0.6 is 23.2 Å². The molecule has 27 heavy (non-hydrogen) atoms. The lowest BCUT2D eigenvalue weighted by atomic mass is 10.00. The van der Waals surface area contributed by atoms with E-state index < -0.39 is 0 Å². The molecule has 0 aliphatic carbocycles. The second-order valence-corrected chi connectivity index (χ2v) is 7.62. The Morgan fingerprint density at radius 3 is 2.67 bits per heavy atom. The highest BCUT2D eigenvalue weighted by atomic mass is 35.5. The lowest BCUT2D eigenvalue weighted by Crippen LogP contribution is -2.34. The fourth-order valence-electron chi connectivity index (χ4n) is 3.18. The smallest absolute Gasteiger partial charge is 0.321 e. The predicted octanol–water partition coefficient (Wildman–Crippen LogP) is 4.85. The summed E-state index contributed by atoms with van der Waals surface area (Å²) in [4.78, 5) is 14.0. The molecule has 0 bridgehead atoms. The van der Waals surface area contributed by atoms with Gasteiger partial charge in [0.25, 0.3) is 0 Å². The normalized spacial score (nSPS) is 19.1. The molecular formula is C20H24Cl2N4O. The summed E-state index contributed by atoms with van der Waals surface area (Å²) in [5, 5.41) is 3.72. The molecule has 0 spiro atoms. The van der Waals surface area contributed by atoms with Gasteiger partial charge in [0.1, 0.15) is 0 Å². The average Bonchev–Trinajstić information content (AvgIpc) is 3.14. The van der Waals surface area contributed by atoms with Crippen molar-refractivity contribution in [2.45, 2.75) is 31.3 Å². The summed E-state index contributed by atoms with van der Waals surface area (Å²) in [5.74, 6) is 0. The summed E-state index contributed by atoms with van der Waals surface area (Å²) in [5.41, 5.74) is 8.65. The van der Waals surface area contributed by atoms with Gasteiger partial charge in [0.05, 0.1) is 10.0 Å². The number of halogens is 2. The topological polar surface area (TPSA) is 56.4 Å². The Labute approximate surface area is 170 Å². The molecule has 0 saturated carbocycles. The molecule has 1 aliphatic rings. The van der Waals surface area contributed by atoms with E-state index in [0.717, 1.165) is 19.3 Å². The zero-order valence-electron chi connectivity index (χ0n) is 15.2. The summed E-state index contributed by atoms with van der Waals surface area (Å²) in [7, 11) is 1.79. The minimum absolute atomic E-state index is 0.159. The van der Waals surface area contributed by atoms with Crippen molar-refractivity contribution in [2.75, 3.05) is 18.9 Å². The molecule has 1 saturated heterocycles. The van der Waals surface area contributed by atoms with E-state index >= 15 is 0 Å². The number of benzene rings is 2. The van der Waals surface area contributed by atoms with Gasteiger partial charge in [-0.1, -0.05) is 53.5 Å². The van der Waals surface area contributed by atoms with Crippen LogP contribution in [0.1, 0.15) is 30.9 Å². The predicted molar refractivity (Wildman–Crippen MR) is 111 cm³/mol. The van der Waals surface area contributed by atoms with Gasteiger partial charge < -0.3 is 10.2 Å². The first kappa shape index (κ1) is 20.0. The Morgan fingerprint density at radius 2 is 1.93 bits per heavy atom. The number of carbonyl (C=O) groups is 1. The molecule has 2 unspecified atom stereocenters. The van der Waals surface area contributed by atoms with Crippen LogP contribution in [0.4, 0.5) is 10.5 Å². The Bertz CT molecular complexity index is 772. The quantitative estimate of drug-likeness (QED) is 0.642. The van der Waals surface area contributed by atoms with Crippen LogP contribution in [0.5, 0.6) is 0 Å². The number of urea groups is 1. The Balaban J connectivity index is 1.39. The van der Waals surface area contributed by atoms with Crippen molar-refractivity contribution in [3.05, 3.63) is 64.1 Å². The molecule has 0 radical (unpaired) electrons. The summed E-state index contributed by atoms with van der Waals surface area (Å²) < 4.78 is 0. The third-order valence-electron chi connectivity index (χ3n) is 4.75. The molecule has 2 aromatic carbocycles. The SMILES string of the molecule is CN(CCCC1CC(c2ccccc2)NN1)C(=O)Nc1ccc(Cl)c(Cl)c1. The third kappa shape index (κ3) is 5.59. The van der Waals surface area contributed by atoms with Crippen molar-refractivity contribution in [3.63, 3.8) is 0 Å². The number of nitrogens with one attached hydrogen (secondary N) is 3. The standard InChI is InChI=1S/C20H24Cl2N4O/c1-26(20(27)23-15-9-10-17(21)18(22)12-15)11-5-8-16-13-19(25-24-16)14-6-3-2-4-7-14/h2-4,6-7,9-10,12,16,19,24-25H,5,8,11,13H2,1H3,(H,23,27). The maximum absolute atomic E-state index is 12.3. The minimum Gasteiger partial charge on any atom is -0.328 e. The molecule has 3 N–H and O–H groups in total. The Hall–Kier alpha value is -1.79. The number of hydrazine groups is 1. The van der Waals surface area contributed by atoms with Gasteiger partial charge in [-0.2, -0.15) is 0 Å². The van der Waals surface area contributed by atoms with E-state index in [9.17, 15) is 4.79 Å². The average molecular weight is 407 g/mol. The molecule has 144 valence electrons. The van der Waals surface area contributed by atoms with Crippen LogP contribution in [0.3, 0.4) is 0 Å². The largest absolute Gasteiger partial charge is 0.328 e. The van der Waals surface area contributed by atoms with Crippen LogP contribution in [-0.4, -0.2) is 30.6 Å². The molecule has 1 heterocycles. The van der Waals surface area contributed by atoms with Crippen molar-refractivity contribution < 1.29 is 4.79 Å². The zero-order chi connectivity index (χ0) is 19.2. The lowest BCUT2D eigenvalue weighted by Gasteiger charge is -2.19. The minimum atomic E-state index is -0.159. The zero-order valence-corrected chi connectivity index (χ0v) is 16.7. The van der Waals surface area contributed by atoms with Crippen molar-refractivity contribution in [1.29, 1.82) is 0 Å². The van der Waals surface area contributed by atoms with Crippen LogP contribution < -0.4 is 16.2 Å². The Kier molecular flexibility index (Phi) is 6.96. The van der Waals surface area contributed by atoms with Crippen molar-refractivity contribution in [2.24, 2.45) is 0 Å². The highest BCUT2D eigenvalue weighted by Gasteiger charge is 2.24. The van der Waals surface area contributed by atoms with Crippen molar-refractivity contribution >= 4 is 34.9 Å². The molecule has 3 rings (SSSR count). The summed E-state index contributed by atoms with van der Waals surface area (Å²) in [6.45, 7) is 0.682. The van der Waals surface area contributed by atoms with Crippen LogP contribution in [-0.2, 0) is 0 Å². The molecule has 7 heteroatoms. The molecule has 1 aliphatic heterocycles. The summed E-state index contributed by atoms with van der Waals surface area (Å²) >= 11 is 11.9. The molecule has 1 fully saturated rings. The number of anilines is 1. The molecule has 0 aromatic heterocycles. The number of hydrogen-bond acceptors (Lipinski definition) is 3. The van der Waals surface area contributed by atoms with E-state index in [-0.39, 0.29) is 6.03 Å². The molecular weight excluding hydrogens is 383 g/mol. The first-order valence-corrected chi connectivity index (χ1v) is 9.81. The van der Waals surface area contributed by atoms with E-state index in [1.807, 2.05) is 6.07 Å². The number of carbonyl (C=O) groups excluding carboxylic acids is 1. The van der Waals surface area contributed by atoms with Gasteiger partial charge >= 0.3 is 6.03 Å². The van der Waals surface area contributed by atoms with Gasteiger partial charge in [-0.05, 0) is 43.0 Å². The Morgan fingerprint density at radius 1 is 1.15 bits per heavy atom. The van der Waals surface area contributed by atoms with Gasteiger partial charge in [-0.25, -0.2) is 4.79 Å². The number of hydrogen-bond donors (Lipinski definition) is 3. The van der Waals surface area contributed by atoms with Crippen LogP contribution in [0.15, 0.2) is 48.5 Å². The second-order valence-electron chi connectivity index (χ2n) is 6.81. The van der Waals surface area contributed by atoms with Gasteiger partial charge in [-0.15, -0.1) is 0 Å². The lowest BCUT2D eigenvalue weighted by molar-refractivity contribution is 0.221. The highest BCUT2D eigenvalue weighted by Crippen LogP contribution is 2.25. The third-order valence-corrected chi connectivity index (χ3v) is 5.49. The summed E-state index contributed by atoms with van der Waals surface area (Å²) in [6.07, 6.45) is 2.97. The van der Waals surface area contributed by atoms with E-state index in [0.29, 0.717) is 34.4 Å². The van der Waals surface area contributed by atoms with Crippen LogP contribution in [0.25, 0.3) is 0 Å². The fraction of sp³-hybridized carbons (Fsp3) is 0.350. The van der Waals surface area contributed by atoms with Crippen molar-refractivity contribution in [1.82, 2.24) is 15.8 Å². The number of amides is 2. The van der Waals surface area contributed by atoms with Crippen LogP contribution in [0.2, 0.25) is 10.0 Å². The molecule has 5 nitrogen and oxygen atoms in total. The van der Waals surface area contributed by atoms with E-state index in [1.165, 1.54) is 5.56 Å². The van der Waals surface area contributed by atoms with E-state index in [1.54, 1.807) is 30.1 Å². The number of nitrogens with zero attached hydrogens (tertiary/aromatic N) is 1. The van der Waals surface area contributed by atoms with Gasteiger partial charge in [-0.3, -0.25) is 10.9 Å². The summed E-state index contributed by atoms with van der Waals surface area (Å²) in [6, 6.07) is 16.1. The molecule has 2 aromatic rings. The van der Waals surface area contributed by atoms with E-state index in [2.05, 4.69) is 40.4 Å². The van der Waals surface area contributed by atoms with Crippen molar-refractivity contribution in [3.8, 4) is 0 Å². The van der Waals surface area contributed by atoms with Gasteiger partial charge in [0, 0.05) is 31.4 Å². The van der Waals surface area contributed by atoms with E-state index in [4.69, 9.17) is 23.2 Å². The first-order chi connectivity index (χ1) is 13.0. The van der Waals surface area contributed by atoms with Gasteiger partial charge in [0.15, 0.2) is 0 Å². The maximum Gasteiger partial charge on any atom is 0.321 e. The number of rotatable bonds is 6. The highest BCUT2D eigenvalue weighted by molar-refractivity contribution is 6.42. The second kappa shape index (κ2) is 9.42. The monoisotopic (exact) mass is 406 g/mol. The molecule has 2 amide bonds. The first-order valence-electron chi connectivity index (χ1n) is 9.06. The van der Waals surface area contributed by atoms with Crippen LogP contribution in [0, 0.1) is 0 Å². The van der Waals surface area contributed by atoms with Gasteiger partial charge in [0.2, 0.25) is 0 Å². The maximum atomic E-state index is 12.3. The molecule has 2 atom stereocenters.